The number of hydrogen-bond donors (Lipinski definition) is 3. The molecule has 0 atom stereocenters. The van der Waals surface area contributed by atoms with Gasteiger partial charge in [0.15, 0.2) is 0 Å². The number of aromatic nitrogens is 1. The van der Waals surface area contributed by atoms with Gasteiger partial charge in [0.05, 0.1) is 16.6 Å². The van der Waals surface area contributed by atoms with Gasteiger partial charge < -0.3 is 20.7 Å². The molecule has 1 heterocycles. The minimum atomic E-state index is -0.260. The first-order chi connectivity index (χ1) is 12.0. The highest BCUT2D eigenvalue weighted by Gasteiger charge is 2.03. The van der Waals surface area contributed by atoms with Gasteiger partial charge in [-0.25, -0.2) is 9.78 Å². The predicted molar refractivity (Wildman–Crippen MR) is 101 cm³/mol. The Labute approximate surface area is 156 Å². The van der Waals surface area contributed by atoms with Crippen molar-refractivity contribution < 1.29 is 9.53 Å². The molecule has 0 unspecified atom stereocenters. The number of ether oxygens (including phenoxy) is 1. The zero-order valence-electron chi connectivity index (χ0n) is 13.8. The number of nitrogens with zero attached hydrogens (tertiary/aromatic N) is 1. The fourth-order valence-corrected chi connectivity index (χ4v) is 2.38. The number of rotatable bonds is 8. The van der Waals surface area contributed by atoms with Crippen molar-refractivity contribution in [2.45, 2.75) is 6.92 Å². The monoisotopic (exact) mass is 382 g/mol. The first-order valence-corrected chi connectivity index (χ1v) is 8.56. The molecule has 0 fully saturated rings. The zero-order chi connectivity index (χ0) is 18.1. The SMILES string of the molecule is Cc1ccc(OCCNC(=O)NCCNc2ncc(Cl)cc2Cl)cc1. The molecule has 0 aliphatic carbocycles. The van der Waals surface area contributed by atoms with Crippen molar-refractivity contribution in [1.29, 1.82) is 0 Å². The van der Waals surface area contributed by atoms with Crippen LogP contribution in [0.1, 0.15) is 5.56 Å². The summed E-state index contributed by atoms with van der Waals surface area (Å²) in [5.41, 5.74) is 1.17. The van der Waals surface area contributed by atoms with Gasteiger partial charge in [0.1, 0.15) is 18.2 Å². The molecule has 1 aromatic heterocycles. The molecular weight excluding hydrogens is 363 g/mol. The number of hydrogen-bond acceptors (Lipinski definition) is 4. The molecule has 0 saturated carbocycles. The van der Waals surface area contributed by atoms with E-state index in [2.05, 4.69) is 20.9 Å². The summed E-state index contributed by atoms with van der Waals surface area (Å²) < 4.78 is 5.53. The highest BCUT2D eigenvalue weighted by atomic mass is 35.5. The second-order valence-corrected chi connectivity index (χ2v) is 6.10. The van der Waals surface area contributed by atoms with Crippen molar-refractivity contribution in [2.24, 2.45) is 0 Å². The van der Waals surface area contributed by atoms with Gasteiger partial charge in [0.2, 0.25) is 0 Å². The highest BCUT2D eigenvalue weighted by molar-refractivity contribution is 6.35. The van der Waals surface area contributed by atoms with Crippen molar-refractivity contribution in [1.82, 2.24) is 15.6 Å². The molecule has 3 N–H and O–H groups in total. The highest BCUT2D eigenvalue weighted by Crippen LogP contribution is 2.21. The molecule has 2 aromatic rings. The number of urea groups is 1. The molecule has 25 heavy (non-hydrogen) atoms. The smallest absolute Gasteiger partial charge is 0.314 e. The van der Waals surface area contributed by atoms with Crippen LogP contribution in [0.5, 0.6) is 5.75 Å². The summed E-state index contributed by atoms with van der Waals surface area (Å²) >= 11 is 11.8. The normalized spacial score (nSPS) is 10.2. The Bertz CT molecular complexity index is 696. The number of nitrogens with one attached hydrogen (secondary N) is 3. The Morgan fingerprint density at radius 3 is 2.56 bits per heavy atom. The van der Waals surface area contributed by atoms with Crippen molar-refractivity contribution in [2.75, 3.05) is 31.6 Å². The standard InChI is InChI=1S/C17H20Cl2N4O2/c1-12-2-4-14(5-3-12)25-9-8-22-17(24)21-7-6-20-16-15(19)10-13(18)11-23-16/h2-5,10-11H,6-9H2,1H3,(H,20,23)(H2,21,22,24). The van der Waals surface area contributed by atoms with Gasteiger partial charge in [0.25, 0.3) is 0 Å². The van der Waals surface area contributed by atoms with Gasteiger partial charge in [0, 0.05) is 19.3 Å². The summed E-state index contributed by atoms with van der Waals surface area (Å²) in [7, 11) is 0. The van der Waals surface area contributed by atoms with Crippen LogP contribution in [-0.4, -0.2) is 37.3 Å². The summed E-state index contributed by atoms with van der Waals surface area (Å²) in [6.07, 6.45) is 1.50. The molecule has 0 radical (unpaired) electrons. The van der Waals surface area contributed by atoms with Gasteiger partial charge in [-0.05, 0) is 25.1 Å². The molecule has 1 aromatic carbocycles. The Hall–Kier alpha value is -2.18. The average molecular weight is 383 g/mol. The first kappa shape index (κ1) is 19.1. The van der Waals surface area contributed by atoms with Crippen LogP contribution in [0.15, 0.2) is 36.5 Å². The van der Waals surface area contributed by atoms with Gasteiger partial charge in [-0.1, -0.05) is 40.9 Å². The summed E-state index contributed by atoms with van der Waals surface area (Å²) in [6.45, 7) is 3.74. The molecule has 0 bridgehead atoms. The topological polar surface area (TPSA) is 75.3 Å². The number of carbonyl (C=O) groups is 1. The lowest BCUT2D eigenvalue weighted by Gasteiger charge is -2.10. The van der Waals surface area contributed by atoms with E-state index in [9.17, 15) is 4.79 Å². The second kappa shape index (κ2) is 9.96. The maximum atomic E-state index is 11.7. The number of aryl methyl sites for hydroxylation is 1. The number of benzene rings is 1. The van der Waals surface area contributed by atoms with Crippen LogP contribution >= 0.6 is 23.2 Å². The van der Waals surface area contributed by atoms with Gasteiger partial charge >= 0.3 is 6.03 Å². The van der Waals surface area contributed by atoms with Crippen LogP contribution in [0.4, 0.5) is 10.6 Å². The molecule has 0 aliphatic rings. The molecule has 134 valence electrons. The molecule has 0 spiro atoms. The van der Waals surface area contributed by atoms with E-state index in [-0.39, 0.29) is 6.03 Å². The third-order valence-electron chi connectivity index (χ3n) is 3.19. The van der Waals surface area contributed by atoms with Crippen molar-refractivity contribution in [3.05, 3.63) is 52.1 Å². The number of carbonyl (C=O) groups excluding carboxylic acids is 1. The molecule has 0 saturated heterocycles. The Morgan fingerprint density at radius 2 is 1.84 bits per heavy atom. The van der Waals surface area contributed by atoms with E-state index in [0.29, 0.717) is 42.1 Å². The summed E-state index contributed by atoms with van der Waals surface area (Å²) in [6, 6.07) is 9.10. The van der Waals surface area contributed by atoms with E-state index in [4.69, 9.17) is 27.9 Å². The first-order valence-electron chi connectivity index (χ1n) is 7.80. The van der Waals surface area contributed by atoms with E-state index >= 15 is 0 Å². The summed E-state index contributed by atoms with van der Waals surface area (Å²) in [5, 5.41) is 9.37. The molecule has 2 amide bonds. The maximum Gasteiger partial charge on any atom is 0.314 e. The average Bonchev–Trinajstić information content (AvgIpc) is 2.59. The lowest BCUT2D eigenvalue weighted by atomic mass is 10.2. The molecule has 6 nitrogen and oxygen atoms in total. The predicted octanol–water partition coefficient (Wildman–Crippen LogP) is 3.49. The van der Waals surface area contributed by atoms with Crippen LogP contribution in [0.2, 0.25) is 10.0 Å². The Morgan fingerprint density at radius 1 is 1.12 bits per heavy atom. The quantitative estimate of drug-likeness (QED) is 0.610. The number of amides is 2. The number of anilines is 1. The fourth-order valence-electron chi connectivity index (χ4n) is 1.93. The van der Waals surface area contributed by atoms with Crippen molar-refractivity contribution in [3.8, 4) is 5.75 Å². The molecule has 2 rings (SSSR count). The number of halogens is 2. The molecule has 0 aliphatic heterocycles. The van der Waals surface area contributed by atoms with E-state index in [1.165, 1.54) is 11.8 Å². The zero-order valence-corrected chi connectivity index (χ0v) is 15.3. The lowest BCUT2D eigenvalue weighted by Crippen LogP contribution is -2.39. The largest absolute Gasteiger partial charge is 0.492 e. The van der Waals surface area contributed by atoms with E-state index in [1.54, 1.807) is 6.07 Å². The summed E-state index contributed by atoms with van der Waals surface area (Å²) in [5.74, 6) is 1.31. The Balaban J connectivity index is 1.55. The number of pyridine rings is 1. The van der Waals surface area contributed by atoms with Crippen LogP contribution in [0.3, 0.4) is 0 Å². The van der Waals surface area contributed by atoms with Crippen molar-refractivity contribution in [3.63, 3.8) is 0 Å². The third-order valence-corrected chi connectivity index (χ3v) is 3.68. The van der Waals surface area contributed by atoms with Gasteiger partial charge in [-0.3, -0.25) is 0 Å². The van der Waals surface area contributed by atoms with E-state index in [0.717, 1.165) is 5.75 Å². The van der Waals surface area contributed by atoms with Crippen LogP contribution in [0.25, 0.3) is 0 Å². The van der Waals surface area contributed by atoms with Crippen LogP contribution < -0.4 is 20.7 Å². The van der Waals surface area contributed by atoms with Gasteiger partial charge in [-0.2, -0.15) is 0 Å². The van der Waals surface area contributed by atoms with Crippen LogP contribution in [-0.2, 0) is 0 Å². The molecular formula is C17H20Cl2N4O2. The maximum absolute atomic E-state index is 11.7. The van der Waals surface area contributed by atoms with Crippen LogP contribution in [0, 0.1) is 6.92 Å². The summed E-state index contributed by atoms with van der Waals surface area (Å²) in [4.78, 5) is 15.7. The third kappa shape index (κ3) is 7.07. The van der Waals surface area contributed by atoms with E-state index < -0.39 is 0 Å². The minimum Gasteiger partial charge on any atom is -0.492 e. The van der Waals surface area contributed by atoms with Crippen molar-refractivity contribution >= 4 is 35.1 Å². The molecule has 8 heteroatoms. The van der Waals surface area contributed by atoms with E-state index in [1.807, 2.05) is 31.2 Å². The minimum absolute atomic E-state index is 0.260. The Kier molecular flexibility index (Phi) is 7.63. The fraction of sp³-hybridized carbons (Fsp3) is 0.294. The lowest BCUT2D eigenvalue weighted by molar-refractivity contribution is 0.237. The van der Waals surface area contributed by atoms with Gasteiger partial charge in [-0.15, -0.1) is 0 Å². The second-order valence-electron chi connectivity index (χ2n) is 5.25.